The molecule has 0 fully saturated rings. The molecule has 0 aliphatic rings. The van der Waals surface area contributed by atoms with Crippen LogP contribution in [0.5, 0.6) is 0 Å². The number of nitrogens with zero attached hydrogens (tertiary/aromatic N) is 1. The van der Waals surface area contributed by atoms with Crippen molar-refractivity contribution < 1.29 is 4.79 Å². The Morgan fingerprint density at radius 3 is 2.81 bits per heavy atom. The van der Waals surface area contributed by atoms with Crippen LogP contribution >= 0.6 is 11.6 Å². The highest BCUT2D eigenvalue weighted by molar-refractivity contribution is 6.21. The molecule has 1 rings (SSSR count). The summed E-state index contributed by atoms with van der Waals surface area (Å²) in [4.78, 5) is 15.8. The maximum absolute atomic E-state index is 11.8. The number of rotatable bonds is 4. The molecule has 1 N–H and O–H groups in total. The predicted octanol–water partition coefficient (Wildman–Crippen LogP) is 2.38. The number of halogens is 1. The van der Waals surface area contributed by atoms with E-state index in [1.807, 2.05) is 32.9 Å². The molecule has 1 heterocycles. The Balaban J connectivity index is 2.57. The Hall–Kier alpha value is -1.09. The fraction of sp³-hybridized carbons (Fsp3) is 0.500. The van der Waals surface area contributed by atoms with Crippen LogP contribution in [0.4, 0.5) is 0 Å². The summed E-state index contributed by atoms with van der Waals surface area (Å²) in [6.07, 6.45) is 1.61. The van der Waals surface area contributed by atoms with Crippen LogP contribution in [0.15, 0.2) is 18.3 Å². The maximum Gasteiger partial charge on any atom is 0.270 e. The fourth-order valence-corrected chi connectivity index (χ4v) is 1.31. The standard InChI is InChI=1S/C12H17ClN2O/c1-8(2)10(13)7-15-12(16)11-9(3)5-4-6-14-11/h4-6,8,10H,7H2,1-3H3,(H,15,16). The Kier molecular flexibility index (Phi) is 4.74. The summed E-state index contributed by atoms with van der Waals surface area (Å²) in [5.74, 6) is 0.177. The van der Waals surface area contributed by atoms with Crippen LogP contribution in [0.25, 0.3) is 0 Å². The lowest BCUT2D eigenvalue weighted by Gasteiger charge is -2.14. The molecule has 1 aromatic rings. The van der Waals surface area contributed by atoms with Crippen molar-refractivity contribution in [2.45, 2.75) is 26.1 Å². The van der Waals surface area contributed by atoms with Crippen LogP contribution in [0.3, 0.4) is 0 Å². The van der Waals surface area contributed by atoms with Gasteiger partial charge < -0.3 is 5.32 Å². The van der Waals surface area contributed by atoms with Gasteiger partial charge in [-0.15, -0.1) is 11.6 Å². The van der Waals surface area contributed by atoms with Crippen LogP contribution in [-0.2, 0) is 0 Å². The number of aromatic nitrogens is 1. The van der Waals surface area contributed by atoms with Crippen LogP contribution in [0.2, 0.25) is 0 Å². The van der Waals surface area contributed by atoms with Gasteiger partial charge in [0.05, 0.1) is 5.38 Å². The quantitative estimate of drug-likeness (QED) is 0.822. The number of hydrogen-bond donors (Lipinski definition) is 1. The van der Waals surface area contributed by atoms with Crippen molar-refractivity contribution in [3.8, 4) is 0 Å². The average Bonchev–Trinajstić information content (AvgIpc) is 2.25. The van der Waals surface area contributed by atoms with Crippen molar-refractivity contribution in [3.05, 3.63) is 29.6 Å². The summed E-state index contributed by atoms with van der Waals surface area (Å²) in [6, 6.07) is 3.67. The molecular formula is C12H17ClN2O. The van der Waals surface area contributed by atoms with Crippen LogP contribution in [-0.4, -0.2) is 22.8 Å². The molecule has 0 aromatic carbocycles. The van der Waals surface area contributed by atoms with Gasteiger partial charge in [0.15, 0.2) is 0 Å². The van der Waals surface area contributed by atoms with E-state index in [1.165, 1.54) is 0 Å². The molecule has 0 aliphatic carbocycles. The first kappa shape index (κ1) is 13.0. The van der Waals surface area contributed by atoms with Gasteiger partial charge in [-0.25, -0.2) is 0 Å². The number of alkyl halides is 1. The van der Waals surface area contributed by atoms with Gasteiger partial charge in [0.2, 0.25) is 0 Å². The highest BCUT2D eigenvalue weighted by Gasteiger charge is 2.13. The van der Waals surface area contributed by atoms with E-state index in [4.69, 9.17) is 11.6 Å². The molecule has 3 nitrogen and oxygen atoms in total. The largest absolute Gasteiger partial charge is 0.349 e. The topological polar surface area (TPSA) is 42.0 Å². The molecule has 0 saturated carbocycles. The zero-order chi connectivity index (χ0) is 12.1. The minimum absolute atomic E-state index is 0.0482. The van der Waals surface area contributed by atoms with Gasteiger partial charge >= 0.3 is 0 Å². The minimum Gasteiger partial charge on any atom is -0.349 e. The third kappa shape index (κ3) is 3.49. The second-order valence-corrected chi connectivity index (χ2v) is 4.70. The Bertz CT molecular complexity index is 366. The van der Waals surface area contributed by atoms with E-state index in [0.29, 0.717) is 18.2 Å². The molecule has 16 heavy (non-hydrogen) atoms. The minimum atomic E-state index is -0.163. The molecule has 0 saturated heterocycles. The van der Waals surface area contributed by atoms with E-state index in [9.17, 15) is 4.79 Å². The lowest BCUT2D eigenvalue weighted by Crippen LogP contribution is -2.32. The Morgan fingerprint density at radius 2 is 2.25 bits per heavy atom. The summed E-state index contributed by atoms with van der Waals surface area (Å²) in [7, 11) is 0. The van der Waals surface area contributed by atoms with E-state index in [0.717, 1.165) is 5.56 Å². The normalized spacial score (nSPS) is 12.6. The van der Waals surface area contributed by atoms with Crippen LogP contribution in [0.1, 0.15) is 29.9 Å². The average molecular weight is 241 g/mol. The highest BCUT2D eigenvalue weighted by atomic mass is 35.5. The van der Waals surface area contributed by atoms with E-state index in [1.54, 1.807) is 6.20 Å². The van der Waals surface area contributed by atoms with E-state index in [2.05, 4.69) is 10.3 Å². The molecule has 88 valence electrons. The van der Waals surface area contributed by atoms with Gasteiger partial charge in [-0.3, -0.25) is 9.78 Å². The first-order valence-electron chi connectivity index (χ1n) is 5.36. The third-order valence-corrected chi connectivity index (χ3v) is 3.06. The second kappa shape index (κ2) is 5.85. The van der Waals surface area contributed by atoms with Gasteiger partial charge in [-0.2, -0.15) is 0 Å². The van der Waals surface area contributed by atoms with Gasteiger partial charge in [-0.05, 0) is 24.5 Å². The van der Waals surface area contributed by atoms with E-state index >= 15 is 0 Å². The number of amides is 1. The monoisotopic (exact) mass is 240 g/mol. The smallest absolute Gasteiger partial charge is 0.270 e. The molecule has 4 heteroatoms. The Morgan fingerprint density at radius 1 is 1.56 bits per heavy atom. The first-order valence-corrected chi connectivity index (χ1v) is 5.80. The lowest BCUT2D eigenvalue weighted by molar-refractivity contribution is 0.0946. The van der Waals surface area contributed by atoms with Gasteiger partial charge in [0.25, 0.3) is 5.91 Å². The number of carbonyl (C=O) groups is 1. The molecule has 0 spiro atoms. The summed E-state index contributed by atoms with van der Waals surface area (Å²) in [5, 5.41) is 2.74. The second-order valence-electron chi connectivity index (χ2n) is 4.14. The third-order valence-electron chi connectivity index (χ3n) is 2.41. The lowest BCUT2D eigenvalue weighted by atomic mass is 10.1. The number of carbonyl (C=O) groups excluding carboxylic acids is 1. The van der Waals surface area contributed by atoms with Crippen LogP contribution < -0.4 is 5.32 Å². The molecule has 1 aromatic heterocycles. The SMILES string of the molecule is Cc1cccnc1C(=O)NCC(Cl)C(C)C. The number of aryl methyl sites for hydroxylation is 1. The molecule has 0 radical (unpaired) electrons. The molecule has 0 aliphatic heterocycles. The van der Waals surface area contributed by atoms with Gasteiger partial charge in [-0.1, -0.05) is 19.9 Å². The molecule has 1 amide bonds. The zero-order valence-electron chi connectivity index (χ0n) is 9.83. The zero-order valence-corrected chi connectivity index (χ0v) is 10.6. The fourth-order valence-electron chi connectivity index (χ4n) is 1.23. The van der Waals surface area contributed by atoms with Crippen LogP contribution in [0, 0.1) is 12.8 Å². The first-order chi connectivity index (χ1) is 7.52. The summed E-state index contributed by atoms with van der Waals surface area (Å²) < 4.78 is 0. The summed E-state index contributed by atoms with van der Waals surface area (Å²) >= 11 is 6.05. The van der Waals surface area contributed by atoms with Crippen molar-refractivity contribution >= 4 is 17.5 Å². The van der Waals surface area contributed by atoms with E-state index < -0.39 is 0 Å². The number of nitrogens with one attached hydrogen (secondary N) is 1. The van der Waals surface area contributed by atoms with Crippen molar-refractivity contribution in [1.82, 2.24) is 10.3 Å². The molecular weight excluding hydrogens is 224 g/mol. The van der Waals surface area contributed by atoms with Gasteiger partial charge in [0.1, 0.15) is 5.69 Å². The molecule has 0 bridgehead atoms. The van der Waals surface area contributed by atoms with Crippen molar-refractivity contribution in [3.63, 3.8) is 0 Å². The predicted molar refractivity (Wildman–Crippen MR) is 65.8 cm³/mol. The van der Waals surface area contributed by atoms with Crippen molar-refractivity contribution in [2.24, 2.45) is 5.92 Å². The summed E-state index contributed by atoms with van der Waals surface area (Å²) in [5.41, 5.74) is 1.34. The highest BCUT2D eigenvalue weighted by Crippen LogP contribution is 2.08. The summed E-state index contributed by atoms with van der Waals surface area (Å²) in [6.45, 7) is 6.38. The Labute approximate surface area is 101 Å². The van der Waals surface area contributed by atoms with Crippen molar-refractivity contribution in [1.29, 1.82) is 0 Å². The van der Waals surface area contributed by atoms with Gasteiger partial charge in [0, 0.05) is 12.7 Å². The molecule has 1 atom stereocenters. The van der Waals surface area contributed by atoms with E-state index in [-0.39, 0.29) is 11.3 Å². The number of hydrogen-bond acceptors (Lipinski definition) is 2. The van der Waals surface area contributed by atoms with Crippen molar-refractivity contribution in [2.75, 3.05) is 6.54 Å². The molecule has 1 unspecified atom stereocenters. The number of pyridine rings is 1. The maximum atomic E-state index is 11.8.